The van der Waals surface area contributed by atoms with Gasteiger partial charge >= 0.3 is 0 Å². The summed E-state index contributed by atoms with van der Waals surface area (Å²) < 4.78 is 0. The molecule has 0 unspecified atom stereocenters. The quantitative estimate of drug-likeness (QED) is 0.547. The highest BCUT2D eigenvalue weighted by Gasteiger charge is 2.24. The number of benzene rings is 1. The summed E-state index contributed by atoms with van der Waals surface area (Å²) >= 11 is 0. The molecule has 0 atom stereocenters. The van der Waals surface area contributed by atoms with Crippen LogP contribution in [-0.4, -0.2) is 17.8 Å². The molecular weight excluding hydrogens is 234 g/mol. The number of carboxylic acids is 1. The number of carbonyl (C=O) groups is 3. The number of anilines is 1. The van der Waals surface area contributed by atoms with Gasteiger partial charge in [0, 0.05) is 12.2 Å². The summed E-state index contributed by atoms with van der Waals surface area (Å²) in [5, 5.41) is 10.3. The van der Waals surface area contributed by atoms with Gasteiger partial charge in [-0.1, -0.05) is 18.2 Å². The van der Waals surface area contributed by atoms with Gasteiger partial charge in [0.25, 0.3) is 11.8 Å². The molecule has 0 fully saturated rings. The van der Waals surface area contributed by atoms with E-state index in [2.05, 4.69) is 0 Å². The number of nitrogens with zero attached hydrogens (tertiary/aromatic N) is 1. The van der Waals surface area contributed by atoms with Gasteiger partial charge in [0.1, 0.15) is 0 Å². The number of amides is 2. The lowest BCUT2D eigenvalue weighted by molar-refractivity contribution is -0.297. The Morgan fingerprint density at radius 3 is 2.44 bits per heavy atom. The highest BCUT2D eigenvalue weighted by molar-refractivity contribution is 6.28. The minimum atomic E-state index is -1.31. The van der Waals surface area contributed by atoms with Crippen LogP contribution < -0.4 is 10.0 Å². The van der Waals surface area contributed by atoms with Crippen LogP contribution in [-0.2, 0) is 14.4 Å². The highest BCUT2D eigenvalue weighted by atomic mass is 16.4. The SMILES string of the molecule is O=C([O-])C=Cc1cccc(N2C(=O)C=CC2=O)c1. The Balaban J connectivity index is 2.30. The minimum Gasteiger partial charge on any atom is -0.545 e. The Labute approximate surface area is 103 Å². The molecule has 0 aromatic heterocycles. The van der Waals surface area contributed by atoms with Crippen molar-refractivity contribution < 1.29 is 19.5 Å². The van der Waals surface area contributed by atoms with Crippen LogP contribution in [0.5, 0.6) is 0 Å². The number of aliphatic carboxylic acids is 1. The second-order valence-electron chi connectivity index (χ2n) is 3.59. The predicted molar refractivity (Wildman–Crippen MR) is 62.1 cm³/mol. The highest BCUT2D eigenvalue weighted by Crippen LogP contribution is 2.20. The lowest BCUT2D eigenvalue weighted by atomic mass is 10.1. The van der Waals surface area contributed by atoms with Crippen LogP contribution in [0.3, 0.4) is 0 Å². The fraction of sp³-hybridized carbons (Fsp3) is 0. The predicted octanol–water partition coefficient (Wildman–Crippen LogP) is -0.121. The molecule has 5 nitrogen and oxygen atoms in total. The zero-order chi connectivity index (χ0) is 13.1. The summed E-state index contributed by atoms with van der Waals surface area (Å²) in [6.07, 6.45) is 4.58. The molecule has 0 N–H and O–H groups in total. The average Bonchev–Trinajstić information content (AvgIpc) is 2.67. The molecule has 0 radical (unpaired) electrons. The third-order valence-corrected chi connectivity index (χ3v) is 2.35. The van der Waals surface area contributed by atoms with Gasteiger partial charge in [0.2, 0.25) is 0 Å². The molecule has 1 aliphatic heterocycles. The Kier molecular flexibility index (Phi) is 3.05. The molecule has 5 heteroatoms. The second-order valence-corrected chi connectivity index (χ2v) is 3.59. The van der Waals surface area contributed by atoms with Crippen LogP contribution in [0.25, 0.3) is 6.08 Å². The number of hydrogen-bond donors (Lipinski definition) is 0. The first-order chi connectivity index (χ1) is 8.58. The van der Waals surface area contributed by atoms with E-state index in [1.807, 2.05) is 0 Å². The van der Waals surface area contributed by atoms with Gasteiger partial charge in [-0.25, -0.2) is 4.90 Å². The number of hydrogen-bond acceptors (Lipinski definition) is 4. The van der Waals surface area contributed by atoms with Crippen molar-refractivity contribution in [2.24, 2.45) is 0 Å². The molecule has 2 amide bonds. The van der Waals surface area contributed by atoms with E-state index in [0.29, 0.717) is 11.3 Å². The molecule has 0 aliphatic carbocycles. The van der Waals surface area contributed by atoms with E-state index >= 15 is 0 Å². The zero-order valence-electron chi connectivity index (χ0n) is 9.20. The van der Waals surface area contributed by atoms with Crippen molar-refractivity contribution in [3.8, 4) is 0 Å². The monoisotopic (exact) mass is 242 g/mol. The van der Waals surface area contributed by atoms with Gasteiger partial charge < -0.3 is 9.90 Å². The zero-order valence-corrected chi connectivity index (χ0v) is 9.20. The summed E-state index contributed by atoms with van der Waals surface area (Å²) in [5.41, 5.74) is 0.958. The Bertz CT molecular complexity index is 568. The van der Waals surface area contributed by atoms with Crippen molar-refractivity contribution in [1.29, 1.82) is 0 Å². The minimum absolute atomic E-state index is 0.399. The van der Waals surface area contributed by atoms with E-state index in [9.17, 15) is 19.5 Å². The van der Waals surface area contributed by atoms with Crippen molar-refractivity contribution in [2.45, 2.75) is 0 Å². The smallest absolute Gasteiger partial charge is 0.258 e. The van der Waals surface area contributed by atoms with Gasteiger partial charge in [0.05, 0.1) is 11.7 Å². The van der Waals surface area contributed by atoms with E-state index in [-0.39, 0.29) is 0 Å². The van der Waals surface area contributed by atoms with Crippen LogP contribution in [0.15, 0.2) is 42.5 Å². The lowest BCUT2D eigenvalue weighted by Gasteiger charge is -2.14. The molecule has 1 heterocycles. The number of rotatable bonds is 3. The molecule has 1 aromatic carbocycles. The summed E-state index contributed by atoms with van der Waals surface area (Å²) in [6, 6.07) is 6.42. The Morgan fingerprint density at radius 2 is 1.83 bits per heavy atom. The number of carbonyl (C=O) groups excluding carboxylic acids is 3. The molecule has 1 aromatic rings. The lowest BCUT2D eigenvalue weighted by Crippen LogP contribution is -2.29. The van der Waals surface area contributed by atoms with Crippen LogP contribution >= 0.6 is 0 Å². The maximum absolute atomic E-state index is 11.5. The maximum Gasteiger partial charge on any atom is 0.258 e. The van der Waals surface area contributed by atoms with E-state index in [4.69, 9.17) is 0 Å². The summed E-state index contributed by atoms with van der Waals surface area (Å²) in [7, 11) is 0. The summed E-state index contributed by atoms with van der Waals surface area (Å²) in [6.45, 7) is 0. The van der Waals surface area contributed by atoms with Gasteiger partial charge in [-0.2, -0.15) is 0 Å². The van der Waals surface area contributed by atoms with E-state index in [1.165, 1.54) is 18.2 Å². The first-order valence-electron chi connectivity index (χ1n) is 5.13. The van der Waals surface area contributed by atoms with Gasteiger partial charge in [0.15, 0.2) is 0 Å². The molecule has 90 valence electrons. The van der Waals surface area contributed by atoms with Crippen LogP contribution in [0.1, 0.15) is 5.56 Å². The largest absolute Gasteiger partial charge is 0.545 e. The first kappa shape index (κ1) is 11.8. The molecule has 1 aliphatic rings. The standard InChI is InChI=1S/C13H9NO4/c15-11-5-6-12(16)14(11)10-3-1-2-9(8-10)4-7-13(17)18/h1-8H,(H,17,18)/p-1. The molecule has 18 heavy (non-hydrogen) atoms. The molecule has 0 saturated carbocycles. The van der Waals surface area contributed by atoms with Crippen molar-refractivity contribution in [1.82, 2.24) is 0 Å². The fourth-order valence-electron chi connectivity index (χ4n) is 1.59. The number of carboxylic acid groups (broad SMARTS) is 1. The molecule has 0 saturated heterocycles. The van der Waals surface area contributed by atoms with Crippen molar-refractivity contribution in [3.05, 3.63) is 48.1 Å². The fourth-order valence-corrected chi connectivity index (χ4v) is 1.59. The van der Waals surface area contributed by atoms with E-state index in [0.717, 1.165) is 11.0 Å². The second kappa shape index (κ2) is 4.67. The van der Waals surface area contributed by atoms with Crippen LogP contribution in [0.2, 0.25) is 0 Å². The third-order valence-electron chi connectivity index (χ3n) is 2.35. The average molecular weight is 242 g/mol. The van der Waals surface area contributed by atoms with Crippen LogP contribution in [0, 0.1) is 0 Å². The summed E-state index contributed by atoms with van der Waals surface area (Å²) in [4.78, 5) is 34.2. The molecule has 0 spiro atoms. The van der Waals surface area contributed by atoms with Crippen molar-refractivity contribution in [2.75, 3.05) is 4.90 Å². The first-order valence-corrected chi connectivity index (χ1v) is 5.13. The van der Waals surface area contributed by atoms with E-state index in [1.54, 1.807) is 24.3 Å². The van der Waals surface area contributed by atoms with Crippen molar-refractivity contribution in [3.63, 3.8) is 0 Å². The molecular formula is C13H8NO4-. The topological polar surface area (TPSA) is 77.5 Å². The number of imide groups is 1. The molecule has 2 rings (SSSR count). The van der Waals surface area contributed by atoms with Gasteiger partial charge in [-0.3, -0.25) is 9.59 Å². The Morgan fingerprint density at radius 1 is 1.17 bits per heavy atom. The van der Waals surface area contributed by atoms with Crippen molar-refractivity contribution >= 4 is 29.5 Å². The van der Waals surface area contributed by atoms with Crippen LogP contribution in [0.4, 0.5) is 5.69 Å². The summed E-state index contributed by atoms with van der Waals surface area (Å²) in [5.74, 6) is -2.14. The normalized spacial score (nSPS) is 14.8. The molecule has 0 bridgehead atoms. The van der Waals surface area contributed by atoms with E-state index < -0.39 is 17.8 Å². The van der Waals surface area contributed by atoms with Gasteiger partial charge in [-0.05, 0) is 23.8 Å². The third kappa shape index (κ3) is 2.35. The van der Waals surface area contributed by atoms with Gasteiger partial charge in [-0.15, -0.1) is 0 Å². The maximum atomic E-state index is 11.5. The Hall–Kier alpha value is -2.69.